The number of rotatable bonds is 8. The number of carboxylic acids is 1. The number of carbonyl (C=O) groups excluding carboxylic acids is 2. The minimum absolute atomic E-state index is 0.0338. The summed E-state index contributed by atoms with van der Waals surface area (Å²) in [4.78, 5) is 33.7. The zero-order valence-corrected chi connectivity index (χ0v) is 10.6. The van der Waals surface area contributed by atoms with Gasteiger partial charge >= 0.3 is 5.97 Å². The van der Waals surface area contributed by atoms with E-state index in [0.717, 1.165) is 19.3 Å². The van der Waals surface area contributed by atoms with E-state index in [0.29, 0.717) is 6.54 Å². The lowest BCUT2D eigenvalue weighted by Crippen LogP contribution is -2.42. The zero-order chi connectivity index (χ0) is 13.5. The fourth-order valence-electron chi connectivity index (χ4n) is 1.64. The highest BCUT2D eigenvalue weighted by atomic mass is 16.4. The third-order valence-electron chi connectivity index (χ3n) is 2.83. The molecule has 0 aromatic heterocycles. The molecule has 0 heterocycles. The van der Waals surface area contributed by atoms with Gasteiger partial charge in [0.05, 0.1) is 0 Å². The van der Waals surface area contributed by atoms with Crippen molar-refractivity contribution in [3.8, 4) is 0 Å². The first-order valence-electron chi connectivity index (χ1n) is 6.33. The average molecular weight is 256 g/mol. The summed E-state index contributed by atoms with van der Waals surface area (Å²) < 4.78 is 0. The maximum Gasteiger partial charge on any atom is 0.326 e. The van der Waals surface area contributed by atoms with Gasteiger partial charge in [0.15, 0.2) is 0 Å². The SMILES string of the molecule is CCCNC(=O)CCC(=O)NC(C(=O)O)C1CC1. The molecule has 1 aliphatic carbocycles. The molecule has 1 saturated carbocycles. The van der Waals surface area contributed by atoms with Crippen LogP contribution in [0.3, 0.4) is 0 Å². The Morgan fingerprint density at radius 2 is 1.83 bits per heavy atom. The summed E-state index contributed by atoms with van der Waals surface area (Å²) in [5, 5.41) is 14.1. The molecule has 0 saturated heterocycles. The number of carboxylic acid groups (broad SMARTS) is 1. The van der Waals surface area contributed by atoms with Crippen LogP contribution in [-0.2, 0) is 14.4 Å². The number of nitrogens with one attached hydrogen (secondary N) is 2. The first kappa shape index (κ1) is 14.5. The van der Waals surface area contributed by atoms with Crippen LogP contribution in [0.25, 0.3) is 0 Å². The highest BCUT2D eigenvalue weighted by Crippen LogP contribution is 2.32. The summed E-state index contributed by atoms with van der Waals surface area (Å²) in [6.45, 7) is 2.54. The van der Waals surface area contributed by atoms with E-state index in [1.54, 1.807) is 0 Å². The maximum atomic E-state index is 11.5. The van der Waals surface area contributed by atoms with E-state index < -0.39 is 12.0 Å². The normalized spacial score (nSPS) is 15.8. The van der Waals surface area contributed by atoms with Crippen LogP contribution in [0.4, 0.5) is 0 Å². The maximum absolute atomic E-state index is 11.5. The van der Waals surface area contributed by atoms with E-state index >= 15 is 0 Å². The Kier molecular flexibility index (Phi) is 5.61. The second kappa shape index (κ2) is 6.98. The van der Waals surface area contributed by atoms with Crippen LogP contribution in [0.2, 0.25) is 0 Å². The topological polar surface area (TPSA) is 95.5 Å². The van der Waals surface area contributed by atoms with Crippen LogP contribution < -0.4 is 10.6 Å². The molecular weight excluding hydrogens is 236 g/mol. The molecule has 0 radical (unpaired) electrons. The number of amides is 2. The van der Waals surface area contributed by atoms with Crippen molar-refractivity contribution in [2.75, 3.05) is 6.54 Å². The van der Waals surface area contributed by atoms with Gasteiger partial charge in [-0.1, -0.05) is 6.92 Å². The van der Waals surface area contributed by atoms with Gasteiger partial charge in [0, 0.05) is 19.4 Å². The molecule has 1 rings (SSSR count). The van der Waals surface area contributed by atoms with Crippen molar-refractivity contribution >= 4 is 17.8 Å². The Morgan fingerprint density at radius 3 is 2.33 bits per heavy atom. The molecule has 1 unspecified atom stereocenters. The molecular formula is C12H20N2O4. The molecule has 1 aliphatic rings. The van der Waals surface area contributed by atoms with Crippen molar-refractivity contribution < 1.29 is 19.5 Å². The predicted molar refractivity (Wildman–Crippen MR) is 64.8 cm³/mol. The van der Waals surface area contributed by atoms with Gasteiger partial charge in [0.25, 0.3) is 0 Å². The van der Waals surface area contributed by atoms with Crippen molar-refractivity contribution in [1.82, 2.24) is 10.6 Å². The number of hydrogen-bond acceptors (Lipinski definition) is 3. The summed E-state index contributed by atoms with van der Waals surface area (Å²) in [5.74, 6) is -1.49. The lowest BCUT2D eigenvalue weighted by molar-refractivity contribution is -0.142. The van der Waals surface area contributed by atoms with Gasteiger partial charge in [-0.05, 0) is 25.2 Å². The molecule has 1 atom stereocenters. The second-order valence-electron chi connectivity index (χ2n) is 4.57. The van der Waals surface area contributed by atoms with Crippen LogP contribution in [0.15, 0.2) is 0 Å². The van der Waals surface area contributed by atoms with E-state index in [-0.39, 0.29) is 30.6 Å². The summed E-state index contributed by atoms with van der Waals surface area (Å²) >= 11 is 0. The molecule has 0 aromatic carbocycles. The van der Waals surface area contributed by atoms with Crippen molar-refractivity contribution in [3.05, 3.63) is 0 Å². The molecule has 2 amide bonds. The summed E-state index contributed by atoms with van der Waals surface area (Å²) in [5.41, 5.74) is 0. The van der Waals surface area contributed by atoms with Gasteiger partial charge in [-0.3, -0.25) is 9.59 Å². The smallest absolute Gasteiger partial charge is 0.326 e. The largest absolute Gasteiger partial charge is 0.480 e. The molecule has 3 N–H and O–H groups in total. The monoisotopic (exact) mass is 256 g/mol. The molecule has 6 heteroatoms. The Morgan fingerprint density at radius 1 is 1.22 bits per heavy atom. The Hall–Kier alpha value is -1.59. The minimum atomic E-state index is -0.999. The molecule has 0 aromatic rings. The summed E-state index contributed by atoms with van der Waals surface area (Å²) in [6, 6.07) is -0.795. The fourth-order valence-corrected chi connectivity index (χ4v) is 1.64. The van der Waals surface area contributed by atoms with E-state index in [4.69, 9.17) is 5.11 Å². The average Bonchev–Trinajstić information content (AvgIpc) is 3.14. The number of hydrogen-bond donors (Lipinski definition) is 3. The van der Waals surface area contributed by atoms with Crippen molar-refractivity contribution in [1.29, 1.82) is 0 Å². The van der Waals surface area contributed by atoms with Gasteiger partial charge in [-0.25, -0.2) is 4.79 Å². The van der Waals surface area contributed by atoms with Crippen LogP contribution >= 0.6 is 0 Å². The number of aliphatic carboxylic acids is 1. The van der Waals surface area contributed by atoms with Crippen LogP contribution in [0.1, 0.15) is 39.0 Å². The van der Waals surface area contributed by atoms with Gasteiger partial charge in [-0.15, -0.1) is 0 Å². The lowest BCUT2D eigenvalue weighted by atomic mass is 10.1. The molecule has 102 valence electrons. The minimum Gasteiger partial charge on any atom is -0.480 e. The van der Waals surface area contributed by atoms with E-state index in [1.807, 2.05) is 6.92 Å². The van der Waals surface area contributed by atoms with Crippen molar-refractivity contribution in [2.45, 2.75) is 45.1 Å². The molecule has 0 aliphatic heterocycles. The fraction of sp³-hybridized carbons (Fsp3) is 0.750. The van der Waals surface area contributed by atoms with Crippen LogP contribution in [0.5, 0.6) is 0 Å². The first-order valence-corrected chi connectivity index (χ1v) is 6.33. The Bertz CT molecular complexity index is 326. The third-order valence-corrected chi connectivity index (χ3v) is 2.83. The van der Waals surface area contributed by atoms with Crippen LogP contribution in [0, 0.1) is 5.92 Å². The quantitative estimate of drug-likeness (QED) is 0.581. The highest BCUT2D eigenvalue weighted by molar-refractivity contribution is 5.87. The zero-order valence-electron chi connectivity index (χ0n) is 10.6. The standard InChI is InChI=1S/C12H20N2O4/c1-2-7-13-9(15)5-6-10(16)14-11(12(17)18)8-3-4-8/h8,11H,2-7H2,1H3,(H,13,15)(H,14,16)(H,17,18). The molecule has 6 nitrogen and oxygen atoms in total. The van der Waals surface area contributed by atoms with E-state index in [2.05, 4.69) is 10.6 Å². The van der Waals surface area contributed by atoms with Crippen LogP contribution in [-0.4, -0.2) is 35.5 Å². The van der Waals surface area contributed by atoms with Gasteiger partial charge in [0.1, 0.15) is 6.04 Å². The van der Waals surface area contributed by atoms with Gasteiger partial charge in [0.2, 0.25) is 11.8 Å². The van der Waals surface area contributed by atoms with Crippen molar-refractivity contribution in [2.24, 2.45) is 5.92 Å². The summed E-state index contributed by atoms with van der Waals surface area (Å²) in [6.07, 6.45) is 2.66. The Labute approximate surface area is 106 Å². The molecule has 0 bridgehead atoms. The summed E-state index contributed by atoms with van der Waals surface area (Å²) in [7, 11) is 0. The van der Waals surface area contributed by atoms with E-state index in [9.17, 15) is 14.4 Å². The van der Waals surface area contributed by atoms with Gasteiger partial charge < -0.3 is 15.7 Å². The van der Waals surface area contributed by atoms with E-state index in [1.165, 1.54) is 0 Å². The van der Waals surface area contributed by atoms with Gasteiger partial charge in [-0.2, -0.15) is 0 Å². The lowest BCUT2D eigenvalue weighted by Gasteiger charge is -2.13. The highest BCUT2D eigenvalue weighted by Gasteiger charge is 2.37. The second-order valence-corrected chi connectivity index (χ2v) is 4.57. The van der Waals surface area contributed by atoms with Crippen molar-refractivity contribution in [3.63, 3.8) is 0 Å². The molecule has 18 heavy (non-hydrogen) atoms. The number of carbonyl (C=O) groups is 3. The molecule has 0 spiro atoms. The Balaban J connectivity index is 2.23. The third kappa shape index (κ3) is 5.16. The molecule has 1 fully saturated rings. The predicted octanol–water partition coefficient (Wildman–Crippen LogP) is 0.272. The first-order chi connectivity index (χ1) is 8.54.